The molecule has 3 heteroatoms. The van der Waals surface area contributed by atoms with Crippen molar-refractivity contribution in [1.29, 1.82) is 0 Å². The molecule has 0 saturated heterocycles. The third kappa shape index (κ3) is 11.0. The zero-order valence-corrected chi connectivity index (χ0v) is 4.67. The van der Waals surface area contributed by atoms with Crippen LogP contribution in [0, 0.1) is 0 Å². The van der Waals surface area contributed by atoms with Crippen LogP contribution < -0.4 is 6.15 Å². The van der Waals surface area contributed by atoms with Crippen LogP contribution in [0.1, 0.15) is 7.43 Å². The smallest absolute Gasteiger partial charge is 0 e. The minimum Gasteiger partial charge on any atom is -0.344 e. The third-order valence-corrected chi connectivity index (χ3v) is 0. The molecule has 35 valence electrons. The second kappa shape index (κ2) is 31.0. The van der Waals surface area contributed by atoms with Crippen LogP contribution in [-0.2, 0) is 37.8 Å². The fourth-order valence-electron chi connectivity index (χ4n) is 0. The van der Waals surface area contributed by atoms with Gasteiger partial charge < -0.3 is 6.15 Å². The van der Waals surface area contributed by atoms with E-state index >= 15 is 0 Å². The third-order valence-electron chi connectivity index (χ3n) is 0. The van der Waals surface area contributed by atoms with Crippen molar-refractivity contribution < 1.29 is 37.8 Å². The molecule has 0 aromatic rings. The maximum Gasteiger partial charge on any atom is 0 e. The first-order chi connectivity index (χ1) is 0. The van der Waals surface area contributed by atoms with Crippen LogP contribution in [0.4, 0.5) is 0 Å². The first-order valence-electron chi connectivity index (χ1n) is 0. The monoisotopic (exact) mass is 287 g/mol. The predicted molar refractivity (Wildman–Crippen MR) is 11.8 cm³/mol. The second-order valence-corrected chi connectivity index (χ2v) is 0. The van der Waals surface area contributed by atoms with Gasteiger partial charge in [0.15, 0.2) is 0 Å². The SMILES string of the molecule is C.N.[Co].[Pt]. The Balaban J connectivity index is 0. The van der Waals surface area contributed by atoms with Crippen molar-refractivity contribution in [2.24, 2.45) is 0 Å². The van der Waals surface area contributed by atoms with E-state index in [1.807, 2.05) is 0 Å². The summed E-state index contributed by atoms with van der Waals surface area (Å²) in [5.74, 6) is 0. The summed E-state index contributed by atoms with van der Waals surface area (Å²) in [6.07, 6.45) is 0. The van der Waals surface area contributed by atoms with E-state index in [9.17, 15) is 0 Å². The van der Waals surface area contributed by atoms with E-state index in [2.05, 4.69) is 0 Å². The molecular formula is CH7CoNPt. The maximum absolute atomic E-state index is 0. The molecule has 0 aliphatic carbocycles. The van der Waals surface area contributed by atoms with Gasteiger partial charge >= 0.3 is 0 Å². The number of rotatable bonds is 0. The number of hydrogen-bond acceptors (Lipinski definition) is 1. The molecular weight excluding hydrogens is 280 g/mol. The summed E-state index contributed by atoms with van der Waals surface area (Å²) >= 11 is 0. The van der Waals surface area contributed by atoms with Gasteiger partial charge in [-0.05, 0) is 0 Å². The van der Waals surface area contributed by atoms with Gasteiger partial charge in [0.05, 0.1) is 0 Å². The van der Waals surface area contributed by atoms with Crippen molar-refractivity contribution >= 4 is 0 Å². The van der Waals surface area contributed by atoms with Crippen LogP contribution >= 0.6 is 0 Å². The van der Waals surface area contributed by atoms with Crippen molar-refractivity contribution in [3.8, 4) is 0 Å². The Morgan fingerprint density at radius 1 is 1.00 bits per heavy atom. The van der Waals surface area contributed by atoms with E-state index in [0.29, 0.717) is 0 Å². The van der Waals surface area contributed by atoms with E-state index in [0.717, 1.165) is 0 Å². The molecule has 0 fully saturated rings. The maximum atomic E-state index is 0. The Bertz CT molecular complexity index is 8.00. The molecule has 0 saturated carbocycles. The minimum absolute atomic E-state index is 0. The Morgan fingerprint density at radius 3 is 1.00 bits per heavy atom. The van der Waals surface area contributed by atoms with Gasteiger partial charge in [-0.1, -0.05) is 7.43 Å². The van der Waals surface area contributed by atoms with Gasteiger partial charge in [-0.3, -0.25) is 0 Å². The van der Waals surface area contributed by atoms with Gasteiger partial charge in [0.25, 0.3) is 0 Å². The van der Waals surface area contributed by atoms with E-state index in [4.69, 9.17) is 0 Å². The molecule has 0 spiro atoms. The molecule has 0 amide bonds. The first kappa shape index (κ1) is 66.7. The summed E-state index contributed by atoms with van der Waals surface area (Å²) in [4.78, 5) is 0. The molecule has 0 unspecified atom stereocenters. The van der Waals surface area contributed by atoms with Gasteiger partial charge in [-0.25, -0.2) is 0 Å². The molecule has 0 aromatic heterocycles. The van der Waals surface area contributed by atoms with Gasteiger partial charge in [0.1, 0.15) is 0 Å². The number of hydrogen-bond donors (Lipinski definition) is 1. The van der Waals surface area contributed by atoms with Crippen molar-refractivity contribution in [1.82, 2.24) is 6.15 Å². The Morgan fingerprint density at radius 2 is 1.00 bits per heavy atom. The van der Waals surface area contributed by atoms with E-state index in [-0.39, 0.29) is 51.4 Å². The van der Waals surface area contributed by atoms with E-state index in [1.165, 1.54) is 0 Å². The van der Waals surface area contributed by atoms with Crippen LogP contribution in [0.2, 0.25) is 0 Å². The second-order valence-electron chi connectivity index (χ2n) is 0. The van der Waals surface area contributed by atoms with Crippen molar-refractivity contribution in [2.45, 2.75) is 7.43 Å². The summed E-state index contributed by atoms with van der Waals surface area (Å²) in [6.45, 7) is 0. The molecule has 4 heavy (non-hydrogen) atoms. The predicted octanol–water partition coefficient (Wildman–Crippen LogP) is 0.793. The first-order valence-corrected chi connectivity index (χ1v) is 0. The molecule has 0 aliphatic heterocycles. The summed E-state index contributed by atoms with van der Waals surface area (Å²) in [5.41, 5.74) is 0. The molecule has 1 nitrogen and oxygen atoms in total. The molecule has 3 N–H and O–H groups in total. The Kier molecular flexibility index (Phi) is 517. The molecule has 0 atom stereocenters. The van der Waals surface area contributed by atoms with Crippen molar-refractivity contribution in [2.75, 3.05) is 0 Å². The van der Waals surface area contributed by atoms with Gasteiger partial charge in [0.2, 0.25) is 0 Å². The van der Waals surface area contributed by atoms with Gasteiger partial charge in [-0.15, -0.1) is 0 Å². The quantitative estimate of drug-likeness (QED) is 0.702. The van der Waals surface area contributed by atoms with Crippen molar-refractivity contribution in [3.05, 3.63) is 0 Å². The standard InChI is InChI=1S/CH4.Co.H3N.Pt/h1H4;;1H3;. The van der Waals surface area contributed by atoms with Gasteiger partial charge in [0, 0.05) is 37.8 Å². The Labute approximate surface area is 51.6 Å². The largest absolute Gasteiger partial charge is 0.344 e. The molecule has 0 heterocycles. The molecule has 0 rings (SSSR count). The van der Waals surface area contributed by atoms with Gasteiger partial charge in [-0.2, -0.15) is 0 Å². The fourth-order valence-corrected chi connectivity index (χ4v) is 0. The topological polar surface area (TPSA) is 35.0 Å². The molecule has 1 radical (unpaired) electrons. The zero-order chi connectivity index (χ0) is 0. The van der Waals surface area contributed by atoms with Crippen LogP contribution in [0.5, 0.6) is 0 Å². The zero-order valence-electron chi connectivity index (χ0n) is 1.36. The van der Waals surface area contributed by atoms with Crippen LogP contribution in [0.3, 0.4) is 0 Å². The summed E-state index contributed by atoms with van der Waals surface area (Å²) in [7, 11) is 0. The van der Waals surface area contributed by atoms with Crippen LogP contribution in [-0.4, -0.2) is 0 Å². The fraction of sp³-hybridized carbons (Fsp3) is 1.00. The average Bonchev–Trinajstić information content (AvgIpc) is 0. The average molecular weight is 287 g/mol. The molecule has 0 aliphatic rings. The minimum atomic E-state index is 0. The van der Waals surface area contributed by atoms with Crippen LogP contribution in [0.15, 0.2) is 0 Å². The summed E-state index contributed by atoms with van der Waals surface area (Å²) in [6, 6.07) is 0. The normalized spacial score (nSPS) is 0. The molecule has 0 aromatic carbocycles. The summed E-state index contributed by atoms with van der Waals surface area (Å²) < 4.78 is 0. The Hall–Kier alpha value is 1.15. The van der Waals surface area contributed by atoms with Crippen LogP contribution in [0.25, 0.3) is 0 Å². The van der Waals surface area contributed by atoms with Crippen molar-refractivity contribution in [3.63, 3.8) is 0 Å². The summed E-state index contributed by atoms with van der Waals surface area (Å²) in [5, 5.41) is 0. The van der Waals surface area contributed by atoms with E-state index in [1.54, 1.807) is 0 Å². The van der Waals surface area contributed by atoms with E-state index < -0.39 is 0 Å². The molecule has 0 bridgehead atoms.